The highest BCUT2D eigenvalue weighted by atomic mass is 16.5. The molecule has 5 nitrogen and oxygen atoms in total. The summed E-state index contributed by atoms with van der Waals surface area (Å²) in [5.41, 5.74) is 3.84. The van der Waals surface area contributed by atoms with Crippen molar-refractivity contribution in [1.29, 1.82) is 0 Å². The molecule has 0 spiro atoms. The van der Waals surface area contributed by atoms with E-state index in [1.807, 2.05) is 85.8 Å². The molecule has 1 amide bonds. The van der Waals surface area contributed by atoms with Crippen LogP contribution >= 0.6 is 0 Å². The maximum Gasteiger partial charge on any atom is 0.244 e. The summed E-state index contributed by atoms with van der Waals surface area (Å²) in [4.78, 5) is 12.9. The Hall–Kier alpha value is -3.60. The van der Waals surface area contributed by atoms with Crippen LogP contribution in [-0.4, -0.2) is 22.8 Å². The molecule has 0 aliphatic heterocycles. The molecule has 0 saturated carbocycles. The minimum atomic E-state index is -0.442. The molecule has 5 heteroatoms. The molecule has 4 aromatic rings. The van der Waals surface area contributed by atoms with E-state index in [1.165, 1.54) is 0 Å². The molecule has 29 heavy (non-hydrogen) atoms. The number of nitrogens with one attached hydrogen (secondary N) is 1. The quantitative estimate of drug-likeness (QED) is 0.528. The van der Waals surface area contributed by atoms with E-state index in [0.717, 1.165) is 33.5 Å². The fourth-order valence-corrected chi connectivity index (χ4v) is 3.42. The number of rotatable bonds is 6. The van der Waals surface area contributed by atoms with Crippen molar-refractivity contribution in [3.8, 4) is 17.0 Å². The number of fused-ring (bicyclic) bond motifs is 1. The second kappa shape index (κ2) is 8.19. The van der Waals surface area contributed by atoms with Crippen LogP contribution in [-0.2, 0) is 11.3 Å². The van der Waals surface area contributed by atoms with Gasteiger partial charge in [-0.15, -0.1) is 0 Å². The van der Waals surface area contributed by atoms with Gasteiger partial charge < -0.3 is 10.1 Å². The first-order valence-corrected chi connectivity index (χ1v) is 9.60. The molecule has 0 aliphatic rings. The van der Waals surface area contributed by atoms with E-state index < -0.39 is 6.04 Å². The third-order valence-corrected chi connectivity index (χ3v) is 5.01. The molecular weight excluding hydrogens is 362 g/mol. The average molecular weight is 385 g/mol. The van der Waals surface area contributed by atoms with Gasteiger partial charge in [0.15, 0.2) is 0 Å². The van der Waals surface area contributed by atoms with E-state index in [0.29, 0.717) is 6.54 Å². The minimum absolute atomic E-state index is 0.0827. The molecule has 0 unspecified atom stereocenters. The van der Waals surface area contributed by atoms with Gasteiger partial charge in [-0.05, 0) is 30.7 Å². The zero-order valence-electron chi connectivity index (χ0n) is 16.5. The first-order chi connectivity index (χ1) is 14.2. The van der Waals surface area contributed by atoms with Gasteiger partial charge in [-0.1, -0.05) is 60.7 Å². The standard InChI is InChI=1S/C24H23N3O2/c1-17(24(28)25-16-18-9-8-12-20(15-18)29-2)27-22-14-7-6-13-21(22)23(26-27)19-10-4-3-5-11-19/h3-15,17H,16H2,1-2H3,(H,25,28)/t17-/m1/s1. The van der Waals surface area contributed by atoms with E-state index in [9.17, 15) is 4.79 Å². The van der Waals surface area contributed by atoms with Crippen LogP contribution in [0.15, 0.2) is 78.9 Å². The number of carbonyl (C=O) groups excluding carboxylic acids is 1. The van der Waals surface area contributed by atoms with Gasteiger partial charge in [0.1, 0.15) is 17.5 Å². The van der Waals surface area contributed by atoms with E-state index in [-0.39, 0.29) is 5.91 Å². The normalized spacial score (nSPS) is 11.9. The molecule has 1 aromatic heterocycles. The molecule has 0 saturated heterocycles. The number of nitrogens with zero attached hydrogens (tertiary/aromatic N) is 2. The van der Waals surface area contributed by atoms with Gasteiger partial charge in [-0.3, -0.25) is 9.48 Å². The highest BCUT2D eigenvalue weighted by Gasteiger charge is 2.20. The Balaban J connectivity index is 1.59. The Labute approximate surface area is 169 Å². The summed E-state index contributed by atoms with van der Waals surface area (Å²) >= 11 is 0. The lowest BCUT2D eigenvalue weighted by molar-refractivity contribution is -0.124. The molecule has 0 aliphatic carbocycles. The van der Waals surface area contributed by atoms with Crippen LogP contribution in [0.4, 0.5) is 0 Å². The molecule has 4 rings (SSSR count). The first-order valence-electron chi connectivity index (χ1n) is 9.60. The Morgan fingerprint density at radius 3 is 2.59 bits per heavy atom. The Morgan fingerprint density at radius 1 is 1.03 bits per heavy atom. The molecule has 1 N–H and O–H groups in total. The van der Waals surface area contributed by atoms with Crippen molar-refractivity contribution in [3.05, 3.63) is 84.4 Å². The smallest absolute Gasteiger partial charge is 0.244 e. The molecular formula is C24H23N3O2. The Morgan fingerprint density at radius 2 is 1.79 bits per heavy atom. The molecule has 3 aromatic carbocycles. The monoisotopic (exact) mass is 385 g/mol. The number of amides is 1. The number of hydrogen-bond donors (Lipinski definition) is 1. The van der Waals surface area contributed by atoms with Gasteiger partial charge in [-0.25, -0.2) is 0 Å². The van der Waals surface area contributed by atoms with Crippen molar-refractivity contribution in [3.63, 3.8) is 0 Å². The van der Waals surface area contributed by atoms with Crippen molar-refractivity contribution < 1.29 is 9.53 Å². The van der Waals surface area contributed by atoms with Crippen molar-refractivity contribution in [2.45, 2.75) is 19.5 Å². The van der Waals surface area contributed by atoms with Crippen molar-refractivity contribution in [1.82, 2.24) is 15.1 Å². The average Bonchev–Trinajstić information content (AvgIpc) is 3.17. The van der Waals surface area contributed by atoms with Gasteiger partial charge in [0.05, 0.1) is 12.6 Å². The van der Waals surface area contributed by atoms with Crippen LogP contribution in [0.2, 0.25) is 0 Å². The zero-order chi connectivity index (χ0) is 20.2. The highest BCUT2D eigenvalue weighted by Crippen LogP contribution is 2.29. The Bertz CT molecular complexity index is 1140. The summed E-state index contributed by atoms with van der Waals surface area (Å²) in [6.45, 7) is 2.31. The second-order valence-corrected chi connectivity index (χ2v) is 6.92. The van der Waals surface area contributed by atoms with E-state index in [2.05, 4.69) is 5.32 Å². The third-order valence-electron chi connectivity index (χ3n) is 5.01. The summed E-state index contributed by atoms with van der Waals surface area (Å²) in [5.74, 6) is 0.691. The summed E-state index contributed by atoms with van der Waals surface area (Å²) in [6.07, 6.45) is 0. The van der Waals surface area contributed by atoms with Gasteiger partial charge in [0.25, 0.3) is 0 Å². The van der Waals surface area contributed by atoms with Crippen LogP contribution in [0.25, 0.3) is 22.2 Å². The number of methoxy groups -OCH3 is 1. The highest BCUT2D eigenvalue weighted by molar-refractivity contribution is 5.94. The topological polar surface area (TPSA) is 56.1 Å². The fraction of sp³-hybridized carbons (Fsp3) is 0.167. The van der Waals surface area contributed by atoms with Crippen molar-refractivity contribution >= 4 is 16.8 Å². The number of hydrogen-bond acceptors (Lipinski definition) is 3. The number of benzene rings is 3. The van der Waals surface area contributed by atoms with Gasteiger partial charge in [-0.2, -0.15) is 5.10 Å². The molecule has 1 heterocycles. The maximum absolute atomic E-state index is 12.9. The lowest BCUT2D eigenvalue weighted by atomic mass is 10.1. The van der Waals surface area contributed by atoms with Crippen LogP contribution in [0.3, 0.4) is 0 Å². The Kier molecular flexibility index (Phi) is 5.29. The van der Waals surface area contributed by atoms with Gasteiger partial charge in [0, 0.05) is 17.5 Å². The van der Waals surface area contributed by atoms with Gasteiger partial charge >= 0.3 is 0 Å². The van der Waals surface area contributed by atoms with Gasteiger partial charge in [0.2, 0.25) is 5.91 Å². The molecule has 0 bridgehead atoms. The molecule has 0 fully saturated rings. The van der Waals surface area contributed by atoms with Crippen molar-refractivity contribution in [2.24, 2.45) is 0 Å². The SMILES string of the molecule is COc1cccc(CNC(=O)[C@@H](C)n2nc(-c3ccccc3)c3ccccc32)c1. The maximum atomic E-state index is 12.9. The second-order valence-electron chi connectivity index (χ2n) is 6.92. The number of para-hydroxylation sites is 1. The molecule has 0 radical (unpaired) electrons. The summed E-state index contributed by atoms with van der Waals surface area (Å²) in [6, 6.07) is 25.3. The zero-order valence-corrected chi connectivity index (χ0v) is 16.5. The summed E-state index contributed by atoms with van der Waals surface area (Å²) in [7, 11) is 1.63. The predicted octanol–water partition coefficient (Wildman–Crippen LogP) is 4.59. The predicted molar refractivity (Wildman–Crippen MR) is 115 cm³/mol. The van der Waals surface area contributed by atoms with E-state index in [1.54, 1.807) is 11.8 Å². The van der Waals surface area contributed by atoms with Crippen LogP contribution in [0, 0.1) is 0 Å². The number of ether oxygens (including phenoxy) is 1. The van der Waals surface area contributed by atoms with Crippen LogP contribution in [0.5, 0.6) is 5.75 Å². The van der Waals surface area contributed by atoms with E-state index in [4.69, 9.17) is 9.84 Å². The molecule has 1 atom stereocenters. The van der Waals surface area contributed by atoms with Crippen LogP contribution < -0.4 is 10.1 Å². The first kappa shape index (κ1) is 18.7. The van der Waals surface area contributed by atoms with Crippen molar-refractivity contribution in [2.75, 3.05) is 7.11 Å². The number of aromatic nitrogens is 2. The lowest BCUT2D eigenvalue weighted by Gasteiger charge is -2.14. The molecule has 146 valence electrons. The summed E-state index contributed by atoms with van der Waals surface area (Å²) < 4.78 is 7.05. The number of carbonyl (C=O) groups is 1. The fourth-order valence-electron chi connectivity index (χ4n) is 3.42. The largest absolute Gasteiger partial charge is 0.497 e. The minimum Gasteiger partial charge on any atom is -0.497 e. The third kappa shape index (κ3) is 3.85. The van der Waals surface area contributed by atoms with E-state index >= 15 is 0 Å². The van der Waals surface area contributed by atoms with Crippen LogP contribution in [0.1, 0.15) is 18.5 Å². The summed E-state index contributed by atoms with van der Waals surface area (Å²) in [5, 5.41) is 8.84. The lowest BCUT2D eigenvalue weighted by Crippen LogP contribution is -2.31.